The molecular weight excluding hydrogens is 276 g/mol. The molecule has 90 valence electrons. The number of anilines is 1. The quantitative estimate of drug-likeness (QED) is 0.883. The molecule has 2 aromatic rings. The molecule has 17 heavy (non-hydrogen) atoms. The molecule has 0 aliphatic carbocycles. The van der Waals surface area contributed by atoms with Crippen molar-refractivity contribution >= 4 is 39.4 Å². The molecule has 2 N–H and O–H groups in total. The average Bonchev–Trinajstić information content (AvgIpc) is 2.68. The van der Waals surface area contributed by atoms with E-state index in [4.69, 9.17) is 17.3 Å². The van der Waals surface area contributed by atoms with Gasteiger partial charge in [-0.2, -0.15) is 0 Å². The van der Waals surface area contributed by atoms with Gasteiger partial charge >= 0.3 is 0 Å². The van der Waals surface area contributed by atoms with Crippen LogP contribution in [0.1, 0.15) is 10.7 Å². The van der Waals surface area contributed by atoms with E-state index in [1.54, 1.807) is 29.5 Å². The first kappa shape index (κ1) is 12.5. The number of aromatic nitrogens is 1. The maximum atomic E-state index is 12.1. The third-order valence-electron chi connectivity index (χ3n) is 2.18. The molecule has 1 heterocycles. The second-order valence-corrected chi connectivity index (χ2v) is 6.45. The summed E-state index contributed by atoms with van der Waals surface area (Å²) in [5.41, 5.74) is 6.95. The Balaban J connectivity index is 2.17. The van der Waals surface area contributed by atoms with Crippen molar-refractivity contribution in [3.05, 3.63) is 39.3 Å². The molecule has 0 amide bonds. The van der Waals surface area contributed by atoms with Gasteiger partial charge in [0.05, 0.1) is 38.0 Å². The van der Waals surface area contributed by atoms with Gasteiger partial charge in [0.25, 0.3) is 0 Å². The fraction of sp³-hybridized carbons (Fsp3) is 0.182. The highest BCUT2D eigenvalue weighted by Gasteiger charge is 2.09. The molecular formula is C11H11ClN2OS2. The van der Waals surface area contributed by atoms with Crippen LogP contribution in [0.4, 0.5) is 5.69 Å². The van der Waals surface area contributed by atoms with E-state index in [9.17, 15) is 4.21 Å². The van der Waals surface area contributed by atoms with Gasteiger partial charge < -0.3 is 5.73 Å². The van der Waals surface area contributed by atoms with Crippen LogP contribution in [0.25, 0.3) is 0 Å². The minimum absolute atomic E-state index is 0.407. The lowest BCUT2D eigenvalue weighted by atomic mass is 10.3. The number of aryl methyl sites for hydroxylation is 1. The van der Waals surface area contributed by atoms with Crippen LogP contribution in [-0.4, -0.2) is 9.19 Å². The minimum atomic E-state index is -1.14. The van der Waals surface area contributed by atoms with E-state index in [0.717, 1.165) is 10.7 Å². The SMILES string of the molecule is Cc1nc(CS(=O)c2ccc(N)c(Cl)c2)cs1. The molecule has 2 rings (SSSR count). The molecule has 0 saturated heterocycles. The van der Waals surface area contributed by atoms with Crippen molar-refractivity contribution in [2.45, 2.75) is 17.6 Å². The van der Waals surface area contributed by atoms with Gasteiger partial charge in [-0.3, -0.25) is 4.21 Å². The van der Waals surface area contributed by atoms with E-state index in [2.05, 4.69) is 4.98 Å². The molecule has 1 aromatic heterocycles. The first-order valence-electron chi connectivity index (χ1n) is 4.90. The smallest absolute Gasteiger partial charge is 0.0897 e. The van der Waals surface area contributed by atoms with Crippen molar-refractivity contribution in [1.29, 1.82) is 0 Å². The fourth-order valence-electron chi connectivity index (χ4n) is 1.34. The molecule has 0 spiro atoms. The van der Waals surface area contributed by atoms with Gasteiger partial charge in [-0.1, -0.05) is 11.6 Å². The van der Waals surface area contributed by atoms with Crippen molar-refractivity contribution in [3.63, 3.8) is 0 Å². The summed E-state index contributed by atoms with van der Waals surface area (Å²) in [4.78, 5) is 4.96. The van der Waals surface area contributed by atoms with E-state index < -0.39 is 10.8 Å². The largest absolute Gasteiger partial charge is 0.398 e. The van der Waals surface area contributed by atoms with Crippen molar-refractivity contribution in [3.8, 4) is 0 Å². The minimum Gasteiger partial charge on any atom is -0.398 e. The Hall–Kier alpha value is -0.910. The molecule has 0 radical (unpaired) electrons. The van der Waals surface area contributed by atoms with E-state index in [1.165, 1.54) is 0 Å². The Kier molecular flexibility index (Phi) is 3.81. The molecule has 6 heteroatoms. The van der Waals surface area contributed by atoms with Gasteiger partial charge in [0.15, 0.2) is 0 Å². The third-order valence-corrected chi connectivity index (χ3v) is 4.67. The zero-order valence-corrected chi connectivity index (χ0v) is 11.5. The summed E-state index contributed by atoms with van der Waals surface area (Å²) in [6, 6.07) is 5.05. The first-order valence-corrected chi connectivity index (χ1v) is 7.48. The molecule has 0 bridgehead atoms. The molecule has 1 aromatic carbocycles. The lowest BCUT2D eigenvalue weighted by molar-refractivity contribution is 0.682. The van der Waals surface area contributed by atoms with Crippen LogP contribution in [0.5, 0.6) is 0 Å². The van der Waals surface area contributed by atoms with Crippen LogP contribution in [0, 0.1) is 6.92 Å². The Bertz CT molecular complexity index is 568. The highest BCUT2D eigenvalue weighted by Crippen LogP contribution is 2.23. The van der Waals surface area contributed by atoms with Crippen molar-refractivity contribution in [1.82, 2.24) is 4.98 Å². The van der Waals surface area contributed by atoms with E-state index in [-0.39, 0.29) is 0 Å². The maximum absolute atomic E-state index is 12.1. The topological polar surface area (TPSA) is 56.0 Å². The van der Waals surface area contributed by atoms with E-state index >= 15 is 0 Å². The third kappa shape index (κ3) is 3.06. The van der Waals surface area contributed by atoms with Gasteiger partial charge in [0.2, 0.25) is 0 Å². The molecule has 1 unspecified atom stereocenters. The van der Waals surface area contributed by atoms with Gasteiger partial charge in [0.1, 0.15) is 0 Å². The molecule has 0 saturated carbocycles. The van der Waals surface area contributed by atoms with Crippen molar-refractivity contribution in [2.24, 2.45) is 0 Å². The zero-order valence-electron chi connectivity index (χ0n) is 9.14. The predicted molar refractivity (Wildman–Crippen MR) is 72.8 cm³/mol. The summed E-state index contributed by atoms with van der Waals surface area (Å²) < 4.78 is 12.1. The summed E-state index contributed by atoms with van der Waals surface area (Å²) in [6.07, 6.45) is 0. The van der Waals surface area contributed by atoms with Gasteiger partial charge in [-0.25, -0.2) is 4.98 Å². The van der Waals surface area contributed by atoms with Crippen LogP contribution in [0.2, 0.25) is 5.02 Å². The number of halogens is 1. The maximum Gasteiger partial charge on any atom is 0.0897 e. The zero-order chi connectivity index (χ0) is 12.4. The fourth-order valence-corrected chi connectivity index (χ4v) is 3.36. The Labute approximate surface area is 111 Å². The second-order valence-electron chi connectivity index (χ2n) is 3.53. The number of hydrogen-bond donors (Lipinski definition) is 1. The number of nitrogens with zero attached hydrogens (tertiary/aromatic N) is 1. The lowest BCUT2D eigenvalue weighted by Gasteiger charge is -2.03. The van der Waals surface area contributed by atoms with Crippen LogP contribution < -0.4 is 5.73 Å². The summed E-state index contributed by atoms with van der Waals surface area (Å²) in [5.74, 6) is 0.407. The monoisotopic (exact) mass is 286 g/mol. The molecule has 0 aliphatic rings. The highest BCUT2D eigenvalue weighted by molar-refractivity contribution is 7.84. The molecule has 0 aliphatic heterocycles. The lowest BCUT2D eigenvalue weighted by Crippen LogP contribution is -1.98. The van der Waals surface area contributed by atoms with Crippen molar-refractivity contribution in [2.75, 3.05) is 5.73 Å². The Morgan fingerprint density at radius 3 is 2.88 bits per heavy atom. The summed E-state index contributed by atoms with van der Waals surface area (Å²) >= 11 is 7.45. The van der Waals surface area contributed by atoms with E-state index in [0.29, 0.717) is 21.4 Å². The Morgan fingerprint density at radius 2 is 2.29 bits per heavy atom. The Morgan fingerprint density at radius 1 is 1.53 bits per heavy atom. The highest BCUT2D eigenvalue weighted by atomic mass is 35.5. The summed E-state index contributed by atoms with van der Waals surface area (Å²) in [5, 5.41) is 3.34. The molecule has 1 atom stereocenters. The number of rotatable bonds is 3. The van der Waals surface area contributed by atoms with Gasteiger partial charge in [-0.05, 0) is 25.1 Å². The molecule has 0 fully saturated rings. The summed E-state index contributed by atoms with van der Waals surface area (Å²) in [6.45, 7) is 1.93. The van der Waals surface area contributed by atoms with Crippen LogP contribution in [0.15, 0.2) is 28.5 Å². The van der Waals surface area contributed by atoms with Crippen LogP contribution in [-0.2, 0) is 16.6 Å². The number of benzene rings is 1. The van der Waals surface area contributed by atoms with E-state index in [1.807, 2.05) is 12.3 Å². The van der Waals surface area contributed by atoms with Crippen molar-refractivity contribution < 1.29 is 4.21 Å². The number of nitrogens with two attached hydrogens (primary N) is 1. The normalized spacial score (nSPS) is 12.6. The van der Waals surface area contributed by atoms with Crippen LogP contribution >= 0.6 is 22.9 Å². The average molecular weight is 287 g/mol. The number of nitrogen functional groups attached to an aromatic ring is 1. The standard InChI is InChI=1S/C11H11ClN2OS2/c1-7-14-8(5-16-7)6-17(15)9-2-3-11(13)10(12)4-9/h2-5H,6,13H2,1H3. The van der Waals surface area contributed by atoms with Gasteiger partial charge in [-0.15, -0.1) is 11.3 Å². The number of thiazole rings is 1. The second kappa shape index (κ2) is 5.16. The van der Waals surface area contributed by atoms with Gasteiger partial charge in [0, 0.05) is 10.3 Å². The predicted octanol–water partition coefficient (Wildman–Crippen LogP) is 2.99. The first-order chi connectivity index (χ1) is 8.06. The summed E-state index contributed by atoms with van der Waals surface area (Å²) in [7, 11) is -1.14. The van der Waals surface area contributed by atoms with Crippen LogP contribution in [0.3, 0.4) is 0 Å². The molecule has 3 nitrogen and oxygen atoms in total. The number of hydrogen-bond acceptors (Lipinski definition) is 4.